The number of ether oxygens (including phenoxy) is 4. The van der Waals surface area contributed by atoms with Gasteiger partial charge in [-0.15, -0.1) is 0 Å². The van der Waals surface area contributed by atoms with Crippen LogP contribution in [-0.2, 0) is 0 Å². The van der Waals surface area contributed by atoms with Crippen molar-refractivity contribution in [2.24, 2.45) is 0 Å². The monoisotopic (exact) mass is 341 g/mol. The minimum atomic E-state index is -0.147. The summed E-state index contributed by atoms with van der Waals surface area (Å²) in [6.07, 6.45) is 3.04. The van der Waals surface area contributed by atoms with Crippen LogP contribution in [0.5, 0.6) is 23.0 Å². The Kier molecular flexibility index (Phi) is 5.09. The van der Waals surface area contributed by atoms with E-state index in [2.05, 4.69) is 5.32 Å². The summed E-state index contributed by atoms with van der Waals surface area (Å²) >= 11 is 0. The van der Waals surface area contributed by atoms with Crippen molar-refractivity contribution in [3.8, 4) is 23.0 Å². The molecule has 130 valence electrons. The van der Waals surface area contributed by atoms with Gasteiger partial charge in [-0.1, -0.05) is 0 Å². The summed E-state index contributed by atoms with van der Waals surface area (Å²) in [7, 11) is 3.09. The fourth-order valence-corrected chi connectivity index (χ4v) is 2.43. The van der Waals surface area contributed by atoms with Crippen molar-refractivity contribution in [1.29, 1.82) is 0 Å². The summed E-state index contributed by atoms with van der Waals surface area (Å²) < 4.78 is 21.4. The van der Waals surface area contributed by atoms with Crippen molar-refractivity contribution in [3.63, 3.8) is 0 Å². The average Bonchev–Trinajstić information content (AvgIpc) is 2.67. The number of benzene rings is 2. The molecule has 0 radical (unpaired) electrons. The molecular weight excluding hydrogens is 322 g/mol. The van der Waals surface area contributed by atoms with Crippen molar-refractivity contribution in [1.82, 2.24) is 0 Å². The molecule has 0 saturated carbocycles. The van der Waals surface area contributed by atoms with Gasteiger partial charge < -0.3 is 24.3 Å². The number of anilines is 1. The van der Waals surface area contributed by atoms with E-state index >= 15 is 0 Å². The fourth-order valence-electron chi connectivity index (χ4n) is 2.43. The molecule has 1 aliphatic heterocycles. The molecule has 0 aliphatic carbocycles. The zero-order valence-corrected chi connectivity index (χ0v) is 14.1. The number of nitrogens with one attached hydrogen (secondary N) is 1. The Labute approximate surface area is 146 Å². The first-order valence-corrected chi connectivity index (χ1v) is 7.80. The number of methoxy groups -OCH3 is 2. The highest BCUT2D eigenvalue weighted by Gasteiger charge is 2.11. The number of hydrogen-bond acceptors (Lipinski definition) is 6. The third-order valence-corrected chi connectivity index (χ3v) is 3.69. The maximum absolute atomic E-state index is 12.3. The van der Waals surface area contributed by atoms with Crippen molar-refractivity contribution >= 4 is 11.5 Å². The van der Waals surface area contributed by atoms with E-state index in [1.54, 1.807) is 31.5 Å². The number of hydrogen-bond donors (Lipinski definition) is 1. The number of rotatable bonds is 6. The van der Waals surface area contributed by atoms with E-state index in [1.807, 2.05) is 18.2 Å². The first kappa shape index (κ1) is 16.7. The van der Waals surface area contributed by atoms with Crippen LogP contribution in [-0.4, -0.2) is 33.2 Å². The van der Waals surface area contributed by atoms with Gasteiger partial charge in [-0.2, -0.15) is 0 Å². The summed E-state index contributed by atoms with van der Waals surface area (Å²) in [5, 5.41) is 3.05. The Morgan fingerprint density at radius 3 is 2.52 bits per heavy atom. The van der Waals surface area contributed by atoms with Gasteiger partial charge in [0.2, 0.25) is 0 Å². The molecule has 0 aromatic heterocycles. The largest absolute Gasteiger partial charge is 0.493 e. The predicted octanol–water partition coefficient (Wildman–Crippen LogP) is 3.28. The molecule has 0 unspecified atom stereocenters. The van der Waals surface area contributed by atoms with Gasteiger partial charge in [-0.05, 0) is 30.3 Å². The highest BCUT2D eigenvalue weighted by molar-refractivity contribution is 6.05. The second-order valence-electron chi connectivity index (χ2n) is 5.27. The van der Waals surface area contributed by atoms with E-state index < -0.39 is 0 Å². The summed E-state index contributed by atoms with van der Waals surface area (Å²) in [5.41, 5.74) is 1.32. The van der Waals surface area contributed by atoms with Gasteiger partial charge in [-0.3, -0.25) is 4.79 Å². The van der Waals surface area contributed by atoms with E-state index in [9.17, 15) is 4.79 Å². The molecule has 0 bridgehead atoms. The number of carbonyl (C=O) groups excluding carboxylic acids is 1. The summed E-state index contributed by atoms with van der Waals surface area (Å²) in [5.74, 6) is 2.36. The van der Waals surface area contributed by atoms with Crippen LogP contribution >= 0.6 is 0 Å². The van der Waals surface area contributed by atoms with Gasteiger partial charge in [0.15, 0.2) is 28.8 Å². The molecule has 2 aromatic rings. The molecule has 0 fully saturated rings. The Morgan fingerprint density at radius 2 is 1.76 bits per heavy atom. The third kappa shape index (κ3) is 3.85. The molecule has 1 aliphatic rings. The predicted molar refractivity (Wildman–Crippen MR) is 94.1 cm³/mol. The van der Waals surface area contributed by atoms with E-state index in [0.29, 0.717) is 36.0 Å². The van der Waals surface area contributed by atoms with Crippen LogP contribution in [0.15, 0.2) is 48.7 Å². The minimum Gasteiger partial charge on any atom is -0.493 e. The lowest BCUT2D eigenvalue weighted by Crippen LogP contribution is -2.15. The van der Waals surface area contributed by atoms with E-state index in [0.717, 1.165) is 11.4 Å². The Bertz CT molecular complexity index is 800. The smallest absolute Gasteiger partial charge is 0.187 e. The number of ketones is 1. The standard InChI is InChI=1S/C19H19NO5/c1-22-16-5-3-13(11-18(16)23-2)15(21)7-8-20-14-4-6-17-19(12-14)25-10-9-24-17/h3-8,11-12,20H,9-10H2,1-2H3/b8-7+. The second kappa shape index (κ2) is 7.61. The first-order valence-electron chi connectivity index (χ1n) is 7.80. The van der Waals surface area contributed by atoms with Crippen molar-refractivity contribution in [3.05, 3.63) is 54.2 Å². The zero-order valence-electron chi connectivity index (χ0n) is 14.1. The lowest BCUT2D eigenvalue weighted by atomic mass is 10.1. The molecular formula is C19H19NO5. The Hall–Kier alpha value is -3.15. The van der Waals surface area contributed by atoms with Gasteiger partial charge in [-0.25, -0.2) is 0 Å². The fraction of sp³-hybridized carbons (Fsp3) is 0.211. The Balaban J connectivity index is 1.67. The zero-order chi connectivity index (χ0) is 17.6. The van der Waals surface area contributed by atoms with E-state index in [1.165, 1.54) is 13.2 Å². The molecule has 3 rings (SSSR count). The van der Waals surface area contributed by atoms with Crippen LogP contribution in [0.1, 0.15) is 10.4 Å². The highest BCUT2D eigenvalue weighted by Crippen LogP contribution is 2.32. The minimum absolute atomic E-state index is 0.147. The topological polar surface area (TPSA) is 66.0 Å². The van der Waals surface area contributed by atoms with E-state index in [4.69, 9.17) is 18.9 Å². The summed E-state index contributed by atoms with van der Waals surface area (Å²) in [6.45, 7) is 1.09. The van der Waals surface area contributed by atoms with Crippen LogP contribution in [0.25, 0.3) is 0 Å². The first-order chi connectivity index (χ1) is 12.2. The van der Waals surface area contributed by atoms with Crippen molar-refractivity contribution < 1.29 is 23.7 Å². The Morgan fingerprint density at radius 1 is 1.00 bits per heavy atom. The molecule has 2 aromatic carbocycles. The second-order valence-corrected chi connectivity index (χ2v) is 5.27. The van der Waals surface area contributed by atoms with Crippen LogP contribution < -0.4 is 24.3 Å². The van der Waals surface area contributed by atoms with Crippen LogP contribution in [0.4, 0.5) is 5.69 Å². The maximum Gasteiger partial charge on any atom is 0.187 e. The van der Waals surface area contributed by atoms with Gasteiger partial charge in [0.05, 0.1) is 14.2 Å². The molecule has 0 saturated heterocycles. The number of fused-ring (bicyclic) bond motifs is 1. The van der Waals surface area contributed by atoms with Crippen LogP contribution in [0, 0.1) is 0 Å². The molecule has 0 amide bonds. The molecule has 6 heteroatoms. The van der Waals surface area contributed by atoms with Gasteiger partial charge >= 0.3 is 0 Å². The SMILES string of the molecule is COc1ccc(C(=O)/C=C/Nc2ccc3c(c2)OCCO3)cc1OC. The lowest BCUT2D eigenvalue weighted by Gasteiger charge is -2.18. The van der Waals surface area contributed by atoms with E-state index in [-0.39, 0.29) is 5.78 Å². The van der Waals surface area contributed by atoms with Gasteiger partial charge in [0.25, 0.3) is 0 Å². The molecule has 1 N–H and O–H groups in total. The normalized spacial score (nSPS) is 12.7. The maximum atomic E-state index is 12.3. The van der Waals surface area contributed by atoms with Crippen molar-refractivity contribution in [2.75, 3.05) is 32.8 Å². The van der Waals surface area contributed by atoms with Gasteiger partial charge in [0, 0.05) is 29.6 Å². The van der Waals surface area contributed by atoms with Crippen molar-refractivity contribution in [2.45, 2.75) is 0 Å². The molecule has 1 heterocycles. The third-order valence-electron chi connectivity index (χ3n) is 3.69. The number of allylic oxidation sites excluding steroid dienone is 1. The lowest BCUT2D eigenvalue weighted by molar-refractivity contribution is 0.104. The molecule has 0 spiro atoms. The molecule has 0 atom stereocenters. The highest BCUT2D eigenvalue weighted by atomic mass is 16.6. The average molecular weight is 341 g/mol. The van der Waals surface area contributed by atoms with Crippen LogP contribution in [0.3, 0.4) is 0 Å². The number of carbonyl (C=O) groups is 1. The van der Waals surface area contributed by atoms with Gasteiger partial charge in [0.1, 0.15) is 13.2 Å². The molecule has 6 nitrogen and oxygen atoms in total. The van der Waals surface area contributed by atoms with Crippen LogP contribution in [0.2, 0.25) is 0 Å². The summed E-state index contributed by atoms with van der Waals surface area (Å²) in [6, 6.07) is 10.6. The quantitative estimate of drug-likeness (QED) is 0.642. The molecule has 25 heavy (non-hydrogen) atoms. The summed E-state index contributed by atoms with van der Waals surface area (Å²) in [4.78, 5) is 12.3.